The summed E-state index contributed by atoms with van der Waals surface area (Å²) in [5.74, 6) is 4.64. The summed E-state index contributed by atoms with van der Waals surface area (Å²) in [4.78, 5) is 20.4. The second kappa shape index (κ2) is 7.60. The number of thiazole rings is 1. The fourth-order valence-corrected chi connectivity index (χ4v) is 2.79. The van der Waals surface area contributed by atoms with Crippen LogP contribution in [0.15, 0.2) is 48.1 Å². The standard InChI is InChI=1S/C19H12F3N3OS/c1-12-24-15(11-27-12)6-4-13-5-7-17(19(20,21)22)16(9-13)18(26)25-14-3-2-8-23-10-14/h2-3,5,7-11H,1H3,(H,25,26). The Hall–Kier alpha value is -3.18. The number of carbonyl (C=O) groups is 1. The molecular formula is C19H12F3N3OS. The highest BCUT2D eigenvalue weighted by atomic mass is 32.1. The summed E-state index contributed by atoms with van der Waals surface area (Å²) in [5.41, 5.74) is -0.430. The van der Waals surface area contributed by atoms with E-state index in [0.717, 1.165) is 17.1 Å². The van der Waals surface area contributed by atoms with Gasteiger partial charge in [0.15, 0.2) is 0 Å². The minimum absolute atomic E-state index is 0.282. The third kappa shape index (κ3) is 4.71. The quantitative estimate of drug-likeness (QED) is 0.658. The van der Waals surface area contributed by atoms with Crippen LogP contribution in [0.3, 0.4) is 0 Å². The average molecular weight is 387 g/mol. The maximum absolute atomic E-state index is 13.3. The number of hydrogen-bond acceptors (Lipinski definition) is 4. The molecule has 0 atom stereocenters. The Morgan fingerprint density at radius 2 is 2.04 bits per heavy atom. The topological polar surface area (TPSA) is 54.9 Å². The van der Waals surface area contributed by atoms with E-state index in [4.69, 9.17) is 0 Å². The van der Waals surface area contributed by atoms with E-state index in [1.807, 2.05) is 6.92 Å². The normalized spacial score (nSPS) is 10.8. The zero-order valence-electron chi connectivity index (χ0n) is 14.0. The van der Waals surface area contributed by atoms with E-state index in [-0.39, 0.29) is 5.56 Å². The van der Waals surface area contributed by atoms with Gasteiger partial charge in [0.2, 0.25) is 0 Å². The molecule has 0 unspecified atom stereocenters. The first-order valence-electron chi connectivity index (χ1n) is 7.70. The van der Waals surface area contributed by atoms with E-state index in [0.29, 0.717) is 11.4 Å². The predicted octanol–water partition coefficient (Wildman–Crippen LogP) is 4.52. The number of pyridine rings is 1. The van der Waals surface area contributed by atoms with E-state index in [9.17, 15) is 18.0 Å². The van der Waals surface area contributed by atoms with Gasteiger partial charge in [-0.25, -0.2) is 4.98 Å². The number of halogens is 3. The summed E-state index contributed by atoms with van der Waals surface area (Å²) in [6.07, 6.45) is -1.83. The summed E-state index contributed by atoms with van der Waals surface area (Å²) in [6.45, 7) is 1.83. The molecule has 136 valence electrons. The van der Waals surface area contributed by atoms with Crippen molar-refractivity contribution in [1.29, 1.82) is 0 Å². The molecule has 2 heterocycles. The molecule has 0 aliphatic carbocycles. The number of alkyl halides is 3. The van der Waals surface area contributed by atoms with Gasteiger partial charge in [-0.2, -0.15) is 13.2 Å². The third-order valence-electron chi connectivity index (χ3n) is 3.44. The monoisotopic (exact) mass is 387 g/mol. The Bertz CT molecular complexity index is 1030. The van der Waals surface area contributed by atoms with Crippen molar-refractivity contribution < 1.29 is 18.0 Å². The first kappa shape index (κ1) is 18.6. The van der Waals surface area contributed by atoms with Crippen LogP contribution in [0.25, 0.3) is 0 Å². The fraction of sp³-hybridized carbons (Fsp3) is 0.105. The first-order chi connectivity index (χ1) is 12.8. The number of hydrogen-bond donors (Lipinski definition) is 1. The van der Waals surface area contributed by atoms with Crippen molar-refractivity contribution in [2.45, 2.75) is 13.1 Å². The van der Waals surface area contributed by atoms with Crippen molar-refractivity contribution in [3.8, 4) is 11.8 Å². The van der Waals surface area contributed by atoms with Crippen LogP contribution in [0.5, 0.6) is 0 Å². The molecule has 0 saturated heterocycles. The zero-order chi connectivity index (χ0) is 19.4. The number of nitrogens with one attached hydrogen (secondary N) is 1. The summed E-state index contributed by atoms with van der Waals surface area (Å²) in [5, 5.41) is 5.00. The van der Waals surface area contributed by atoms with Crippen LogP contribution in [0.2, 0.25) is 0 Å². The van der Waals surface area contributed by atoms with Crippen molar-refractivity contribution in [2.75, 3.05) is 5.32 Å². The zero-order valence-corrected chi connectivity index (χ0v) is 14.8. The molecule has 8 heteroatoms. The molecule has 0 fully saturated rings. The fourth-order valence-electron chi connectivity index (χ4n) is 2.25. The van der Waals surface area contributed by atoms with Gasteiger partial charge in [-0.1, -0.05) is 5.92 Å². The van der Waals surface area contributed by atoms with E-state index in [1.54, 1.807) is 11.4 Å². The van der Waals surface area contributed by atoms with Crippen LogP contribution >= 0.6 is 11.3 Å². The minimum Gasteiger partial charge on any atom is -0.321 e. The number of carbonyl (C=O) groups excluding carboxylic acids is 1. The maximum atomic E-state index is 13.3. The predicted molar refractivity (Wildman–Crippen MR) is 96.5 cm³/mol. The number of nitrogens with zero attached hydrogens (tertiary/aromatic N) is 2. The van der Waals surface area contributed by atoms with Crippen molar-refractivity contribution in [1.82, 2.24) is 9.97 Å². The number of aromatic nitrogens is 2. The molecule has 0 saturated carbocycles. The lowest BCUT2D eigenvalue weighted by Gasteiger charge is -2.13. The number of amides is 1. The van der Waals surface area contributed by atoms with Crippen molar-refractivity contribution in [3.05, 3.63) is 75.5 Å². The molecule has 27 heavy (non-hydrogen) atoms. The lowest BCUT2D eigenvalue weighted by molar-refractivity contribution is -0.137. The molecule has 0 spiro atoms. The van der Waals surface area contributed by atoms with E-state index in [1.165, 1.54) is 35.9 Å². The van der Waals surface area contributed by atoms with Gasteiger partial charge in [0.1, 0.15) is 5.69 Å². The lowest BCUT2D eigenvalue weighted by atomic mass is 10.0. The second-order valence-electron chi connectivity index (χ2n) is 5.46. The number of anilines is 1. The highest BCUT2D eigenvalue weighted by Crippen LogP contribution is 2.32. The van der Waals surface area contributed by atoms with Crippen LogP contribution in [0.4, 0.5) is 18.9 Å². The Morgan fingerprint density at radius 1 is 1.22 bits per heavy atom. The molecule has 1 amide bonds. The number of benzene rings is 1. The third-order valence-corrected chi connectivity index (χ3v) is 4.22. The summed E-state index contributed by atoms with van der Waals surface area (Å²) in [7, 11) is 0. The Labute approximate surface area is 157 Å². The Balaban J connectivity index is 1.96. The molecule has 2 aromatic heterocycles. The summed E-state index contributed by atoms with van der Waals surface area (Å²) >= 11 is 1.42. The van der Waals surface area contributed by atoms with Crippen LogP contribution in [0.1, 0.15) is 32.2 Å². The summed E-state index contributed by atoms with van der Waals surface area (Å²) < 4.78 is 39.9. The highest BCUT2D eigenvalue weighted by Gasteiger charge is 2.35. The van der Waals surface area contributed by atoms with E-state index >= 15 is 0 Å². The van der Waals surface area contributed by atoms with E-state index < -0.39 is 23.2 Å². The van der Waals surface area contributed by atoms with Crippen LogP contribution < -0.4 is 5.32 Å². The van der Waals surface area contributed by atoms with Crippen LogP contribution in [0, 0.1) is 18.8 Å². The highest BCUT2D eigenvalue weighted by molar-refractivity contribution is 7.09. The Kier molecular flexibility index (Phi) is 5.23. The molecule has 0 radical (unpaired) electrons. The molecule has 0 aliphatic heterocycles. The number of aryl methyl sites for hydroxylation is 1. The van der Waals surface area contributed by atoms with Crippen molar-refractivity contribution in [3.63, 3.8) is 0 Å². The van der Waals surface area contributed by atoms with Gasteiger partial charge < -0.3 is 5.32 Å². The SMILES string of the molecule is Cc1nc(C#Cc2ccc(C(F)(F)F)c(C(=O)Nc3cccnc3)c2)cs1. The average Bonchev–Trinajstić information content (AvgIpc) is 3.05. The smallest absolute Gasteiger partial charge is 0.321 e. The van der Waals surface area contributed by atoms with Gasteiger partial charge in [-0.15, -0.1) is 11.3 Å². The van der Waals surface area contributed by atoms with Gasteiger partial charge >= 0.3 is 6.18 Å². The Morgan fingerprint density at radius 3 is 2.67 bits per heavy atom. The van der Waals surface area contributed by atoms with Crippen LogP contribution in [-0.2, 0) is 6.18 Å². The minimum atomic E-state index is -4.67. The first-order valence-corrected chi connectivity index (χ1v) is 8.57. The van der Waals surface area contributed by atoms with Crippen molar-refractivity contribution in [2.24, 2.45) is 0 Å². The molecule has 0 aliphatic rings. The van der Waals surface area contributed by atoms with Gasteiger partial charge in [-0.3, -0.25) is 9.78 Å². The lowest BCUT2D eigenvalue weighted by Crippen LogP contribution is -2.19. The second-order valence-corrected chi connectivity index (χ2v) is 6.52. The number of rotatable bonds is 2. The molecule has 3 aromatic rings. The molecule has 3 rings (SSSR count). The molecular weight excluding hydrogens is 375 g/mol. The molecule has 0 bridgehead atoms. The van der Waals surface area contributed by atoms with Crippen LogP contribution in [-0.4, -0.2) is 15.9 Å². The summed E-state index contributed by atoms with van der Waals surface area (Å²) in [6, 6.07) is 6.32. The largest absolute Gasteiger partial charge is 0.417 e. The maximum Gasteiger partial charge on any atom is 0.417 e. The molecule has 1 N–H and O–H groups in total. The molecule has 1 aromatic carbocycles. The van der Waals surface area contributed by atoms with E-state index in [2.05, 4.69) is 27.1 Å². The van der Waals surface area contributed by atoms with Gasteiger partial charge in [0, 0.05) is 17.1 Å². The van der Waals surface area contributed by atoms with Gasteiger partial charge in [0.05, 0.1) is 28.0 Å². The van der Waals surface area contributed by atoms with Gasteiger partial charge in [0.25, 0.3) is 5.91 Å². The van der Waals surface area contributed by atoms with Crippen molar-refractivity contribution >= 4 is 22.9 Å². The van der Waals surface area contributed by atoms with Gasteiger partial charge in [-0.05, 0) is 43.2 Å². The molecule has 4 nitrogen and oxygen atoms in total.